The average Bonchev–Trinajstić information content (AvgIpc) is 2.65. The van der Waals surface area contributed by atoms with Gasteiger partial charge in [0.25, 0.3) is 5.91 Å². The summed E-state index contributed by atoms with van der Waals surface area (Å²) < 4.78 is 12.1. The van der Waals surface area contributed by atoms with Gasteiger partial charge in [-0.2, -0.15) is 0 Å². The van der Waals surface area contributed by atoms with Gasteiger partial charge in [0, 0.05) is 31.1 Å². The van der Waals surface area contributed by atoms with Crippen molar-refractivity contribution < 1.29 is 14.3 Å². The number of likely N-dealkylation sites (tertiary alicyclic amines) is 1. The van der Waals surface area contributed by atoms with Crippen molar-refractivity contribution in [3.8, 4) is 0 Å². The van der Waals surface area contributed by atoms with E-state index in [4.69, 9.17) is 9.47 Å². The quantitative estimate of drug-likeness (QED) is 0.833. The van der Waals surface area contributed by atoms with Crippen LogP contribution in [0.4, 0.5) is 0 Å². The van der Waals surface area contributed by atoms with Gasteiger partial charge in [0.15, 0.2) is 0 Å². The Labute approximate surface area is 152 Å². The lowest BCUT2D eigenvalue weighted by atomic mass is 9.84. The van der Waals surface area contributed by atoms with Crippen LogP contribution in [-0.2, 0) is 16.1 Å². The Morgan fingerprint density at radius 1 is 1.31 bits per heavy atom. The molecule has 2 fully saturated rings. The van der Waals surface area contributed by atoms with E-state index in [0.29, 0.717) is 26.3 Å². The lowest BCUT2D eigenvalue weighted by Gasteiger charge is -2.52. The number of aryl methyl sites for hydroxylation is 1. The van der Waals surface area contributed by atoms with Gasteiger partial charge < -0.3 is 14.4 Å². The number of ether oxygens (including phenoxy) is 2. The van der Waals surface area contributed by atoms with Gasteiger partial charge >= 0.3 is 0 Å². The average molecular weight is 354 g/mol. The summed E-state index contributed by atoms with van der Waals surface area (Å²) in [6.45, 7) is 4.25. The molecule has 2 aromatic rings. The first-order chi connectivity index (χ1) is 12.6. The molecule has 0 aromatic carbocycles. The zero-order chi connectivity index (χ0) is 18.0. The minimum atomic E-state index is -0.298. The van der Waals surface area contributed by atoms with Crippen molar-refractivity contribution in [2.24, 2.45) is 0 Å². The van der Waals surface area contributed by atoms with Crippen LogP contribution in [0.1, 0.15) is 34.8 Å². The zero-order valence-corrected chi connectivity index (χ0v) is 14.8. The Morgan fingerprint density at radius 2 is 2.12 bits per heavy atom. The Kier molecular flexibility index (Phi) is 4.65. The van der Waals surface area contributed by atoms with Crippen molar-refractivity contribution in [2.75, 3.05) is 19.7 Å². The van der Waals surface area contributed by atoms with Gasteiger partial charge in [-0.3, -0.25) is 9.78 Å². The van der Waals surface area contributed by atoms with Crippen molar-refractivity contribution in [3.63, 3.8) is 0 Å². The maximum Gasteiger partial charge on any atom is 0.291 e. The molecule has 4 heterocycles. The number of hydrogen-bond acceptors (Lipinski definition) is 6. The van der Waals surface area contributed by atoms with Gasteiger partial charge in [-0.05, 0) is 31.5 Å². The number of rotatable bonds is 4. The lowest BCUT2D eigenvalue weighted by Crippen LogP contribution is -2.67. The first-order valence-electron chi connectivity index (χ1n) is 8.88. The highest BCUT2D eigenvalue weighted by Gasteiger charge is 2.50. The van der Waals surface area contributed by atoms with Crippen molar-refractivity contribution in [3.05, 3.63) is 53.9 Å². The second-order valence-corrected chi connectivity index (χ2v) is 6.96. The van der Waals surface area contributed by atoms with E-state index in [-0.39, 0.29) is 23.4 Å². The normalized spacial score (nSPS) is 21.4. The molecule has 0 saturated carbocycles. The number of carbonyl (C=O) groups is 1. The molecule has 0 bridgehead atoms. The van der Waals surface area contributed by atoms with Crippen LogP contribution < -0.4 is 0 Å². The van der Waals surface area contributed by atoms with E-state index in [2.05, 4.69) is 15.0 Å². The number of aromatic nitrogens is 3. The molecule has 2 saturated heterocycles. The van der Waals surface area contributed by atoms with Crippen LogP contribution in [0.25, 0.3) is 0 Å². The Balaban J connectivity index is 1.31. The summed E-state index contributed by atoms with van der Waals surface area (Å²) >= 11 is 0. The van der Waals surface area contributed by atoms with E-state index in [1.807, 2.05) is 25.1 Å². The standard InChI is InChI=1S/C19H22N4O3/c1-14-4-2-5-15(22-14)11-25-16-6-9-26-19(10-16)12-23(13-19)18(24)17-20-7-3-8-21-17/h2-5,7-8,16H,6,9-13H2,1H3/t16-/m1/s1. The Hall–Kier alpha value is -2.38. The van der Waals surface area contributed by atoms with Crippen LogP contribution in [0.5, 0.6) is 0 Å². The molecule has 26 heavy (non-hydrogen) atoms. The minimum absolute atomic E-state index is 0.122. The van der Waals surface area contributed by atoms with Crippen LogP contribution in [-0.4, -0.2) is 57.2 Å². The van der Waals surface area contributed by atoms with Crippen LogP contribution in [0.2, 0.25) is 0 Å². The van der Waals surface area contributed by atoms with Crippen molar-refractivity contribution >= 4 is 5.91 Å². The van der Waals surface area contributed by atoms with E-state index in [9.17, 15) is 4.79 Å². The SMILES string of the molecule is Cc1cccc(CO[C@@H]2CCOC3(C2)CN(C(=O)c2ncccn2)C3)n1. The highest BCUT2D eigenvalue weighted by Crippen LogP contribution is 2.36. The molecular weight excluding hydrogens is 332 g/mol. The topological polar surface area (TPSA) is 77.4 Å². The summed E-state index contributed by atoms with van der Waals surface area (Å²) in [6.07, 6.45) is 4.93. The molecule has 136 valence electrons. The second-order valence-electron chi connectivity index (χ2n) is 6.96. The third kappa shape index (κ3) is 3.59. The first kappa shape index (κ1) is 17.1. The fourth-order valence-electron chi connectivity index (χ4n) is 3.57. The van der Waals surface area contributed by atoms with Gasteiger partial charge in [-0.25, -0.2) is 9.97 Å². The maximum atomic E-state index is 12.4. The first-order valence-corrected chi connectivity index (χ1v) is 8.88. The highest BCUT2D eigenvalue weighted by molar-refractivity contribution is 5.91. The summed E-state index contributed by atoms with van der Waals surface area (Å²) in [5.41, 5.74) is 1.64. The molecule has 2 aliphatic rings. The summed E-state index contributed by atoms with van der Waals surface area (Å²) in [7, 11) is 0. The maximum absolute atomic E-state index is 12.4. The van der Waals surface area contributed by atoms with Gasteiger partial charge in [-0.15, -0.1) is 0 Å². The summed E-state index contributed by atoms with van der Waals surface area (Å²) in [5.74, 6) is 0.0864. The molecule has 2 aromatic heterocycles. The van der Waals surface area contributed by atoms with Crippen molar-refractivity contribution in [1.29, 1.82) is 0 Å². The number of nitrogens with zero attached hydrogens (tertiary/aromatic N) is 4. The van der Waals surface area contributed by atoms with E-state index in [1.165, 1.54) is 0 Å². The Morgan fingerprint density at radius 3 is 2.88 bits per heavy atom. The summed E-state index contributed by atoms with van der Waals surface area (Å²) in [4.78, 5) is 26.6. The number of hydrogen-bond donors (Lipinski definition) is 0. The predicted octanol–water partition coefficient (Wildman–Crippen LogP) is 1.77. The molecule has 0 radical (unpaired) electrons. The van der Waals surface area contributed by atoms with Gasteiger partial charge in [-0.1, -0.05) is 6.07 Å². The van der Waals surface area contributed by atoms with Gasteiger partial charge in [0.05, 0.1) is 31.5 Å². The molecule has 1 atom stereocenters. The number of amides is 1. The summed E-state index contributed by atoms with van der Waals surface area (Å²) in [6, 6.07) is 7.65. The van der Waals surface area contributed by atoms with Gasteiger partial charge in [0.1, 0.15) is 5.60 Å². The molecular formula is C19H22N4O3. The molecule has 7 heteroatoms. The Bertz CT molecular complexity index is 777. The molecule has 7 nitrogen and oxygen atoms in total. The number of carbonyl (C=O) groups excluding carboxylic acids is 1. The minimum Gasteiger partial charge on any atom is -0.372 e. The van der Waals surface area contributed by atoms with E-state index >= 15 is 0 Å². The van der Waals surface area contributed by atoms with Crippen LogP contribution >= 0.6 is 0 Å². The molecule has 1 amide bonds. The third-order valence-corrected chi connectivity index (χ3v) is 4.86. The molecule has 0 aliphatic carbocycles. The third-order valence-electron chi connectivity index (χ3n) is 4.86. The number of pyridine rings is 1. The second kappa shape index (κ2) is 7.09. The largest absolute Gasteiger partial charge is 0.372 e. The van der Waals surface area contributed by atoms with E-state index in [0.717, 1.165) is 24.2 Å². The molecule has 0 unspecified atom stereocenters. The van der Waals surface area contributed by atoms with E-state index < -0.39 is 0 Å². The molecule has 1 spiro atoms. The van der Waals surface area contributed by atoms with Crippen LogP contribution in [0.15, 0.2) is 36.7 Å². The lowest BCUT2D eigenvalue weighted by molar-refractivity contribution is -0.188. The predicted molar refractivity (Wildman–Crippen MR) is 93.4 cm³/mol. The highest BCUT2D eigenvalue weighted by atomic mass is 16.5. The van der Waals surface area contributed by atoms with Crippen molar-refractivity contribution in [2.45, 2.75) is 38.1 Å². The molecule has 2 aliphatic heterocycles. The fourth-order valence-corrected chi connectivity index (χ4v) is 3.57. The summed E-state index contributed by atoms with van der Waals surface area (Å²) in [5, 5.41) is 0. The van der Waals surface area contributed by atoms with Crippen LogP contribution in [0.3, 0.4) is 0 Å². The molecule has 4 rings (SSSR count). The zero-order valence-electron chi connectivity index (χ0n) is 14.8. The smallest absolute Gasteiger partial charge is 0.291 e. The van der Waals surface area contributed by atoms with E-state index in [1.54, 1.807) is 23.4 Å². The molecule has 0 N–H and O–H groups in total. The van der Waals surface area contributed by atoms with Gasteiger partial charge in [0.2, 0.25) is 5.82 Å². The van der Waals surface area contributed by atoms with Crippen molar-refractivity contribution in [1.82, 2.24) is 19.9 Å². The fraction of sp³-hybridized carbons (Fsp3) is 0.474. The monoisotopic (exact) mass is 354 g/mol. The van der Waals surface area contributed by atoms with Crippen LogP contribution in [0, 0.1) is 6.92 Å².